The van der Waals surface area contributed by atoms with Crippen molar-refractivity contribution in [1.82, 2.24) is 4.90 Å². The fourth-order valence-corrected chi connectivity index (χ4v) is 1.66. The number of hydrogen-bond acceptors (Lipinski definition) is 3. The van der Waals surface area contributed by atoms with Gasteiger partial charge in [0.15, 0.2) is 0 Å². The van der Waals surface area contributed by atoms with Gasteiger partial charge in [-0.05, 0) is 20.0 Å². The molecule has 1 rings (SSSR count). The summed E-state index contributed by atoms with van der Waals surface area (Å²) < 4.78 is 0. The zero-order valence-corrected chi connectivity index (χ0v) is 6.99. The molecule has 1 aliphatic heterocycles. The molecule has 0 aliphatic carbocycles. The Morgan fingerprint density at radius 2 is 1.92 bits per heavy atom. The lowest BCUT2D eigenvalue weighted by Crippen LogP contribution is -2.45. The average molecular weight is 171 g/mol. The van der Waals surface area contributed by atoms with Crippen LogP contribution in [-0.2, 0) is 9.59 Å². The summed E-state index contributed by atoms with van der Waals surface area (Å²) in [6, 6.07) is -0.512. The van der Waals surface area contributed by atoms with Crippen LogP contribution in [0.15, 0.2) is 0 Å². The smallest absolute Gasteiger partial charge is 0.235 e. The van der Waals surface area contributed by atoms with Crippen LogP contribution in [0, 0.1) is 5.92 Å². The Morgan fingerprint density at radius 1 is 1.33 bits per heavy atom. The third kappa shape index (κ3) is 1.40. The zero-order valence-electron chi connectivity index (χ0n) is 6.99. The van der Waals surface area contributed by atoms with Crippen LogP contribution in [0.5, 0.6) is 0 Å². The van der Waals surface area contributed by atoms with Gasteiger partial charge in [0.2, 0.25) is 11.8 Å². The van der Waals surface area contributed by atoms with Crippen molar-refractivity contribution in [2.45, 2.75) is 12.5 Å². The highest BCUT2D eigenvalue weighted by atomic mass is 16.2. The van der Waals surface area contributed by atoms with Crippen molar-refractivity contribution in [2.24, 2.45) is 17.4 Å². The molecule has 0 saturated carbocycles. The fraction of sp³-hybridized carbons (Fsp3) is 0.714. The number of carbonyl (C=O) groups excluding carboxylic acids is 2. The largest absolute Gasteiger partial charge is 0.369 e. The second-order valence-electron chi connectivity index (χ2n) is 3.13. The first-order valence-electron chi connectivity index (χ1n) is 3.83. The zero-order chi connectivity index (χ0) is 9.30. The summed E-state index contributed by atoms with van der Waals surface area (Å²) in [5.41, 5.74) is 10.2. The summed E-state index contributed by atoms with van der Waals surface area (Å²) in [5.74, 6) is -1.32. The van der Waals surface area contributed by atoms with E-state index in [2.05, 4.69) is 0 Å². The van der Waals surface area contributed by atoms with E-state index >= 15 is 0 Å². The molecule has 0 aromatic rings. The Bertz CT molecular complexity index is 217. The first kappa shape index (κ1) is 8.99. The number of nitrogens with two attached hydrogens (primary N) is 2. The van der Waals surface area contributed by atoms with Crippen LogP contribution in [0.3, 0.4) is 0 Å². The van der Waals surface area contributed by atoms with Crippen LogP contribution in [0.25, 0.3) is 0 Å². The Hall–Kier alpha value is -1.10. The molecule has 1 fully saturated rings. The number of likely N-dealkylation sites (tertiary alicyclic amines) is 1. The van der Waals surface area contributed by atoms with Gasteiger partial charge in [-0.1, -0.05) is 0 Å². The molecule has 1 saturated heterocycles. The maximum absolute atomic E-state index is 10.9. The lowest BCUT2D eigenvalue weighted by atomic mass is 9.99. The Kier molecular flexibility index (Phi) is 2.32. The van der Waals surface area contributed by atoms with Gasteiger partial charge in [0.1, 0.15) is 6.04 Å². The lowest BCUT2D eigenvalue weighted by Gasteiger charge is -2.19. The summed E-state index contributed by atoms with van der Waals surface area (Å²) in [7, 11) is 1.76. The van der Waals surface area contributed by atoms with Crippen molar-refractivity contribution in [2.75, 3.05) is 13.6 Å². The Labute approximate surface area is 70.7 Å². The molecular weight excluding hydrogens is 158 g/mol. The topological polar surface area (TPSA) is 89.4 Å². The maximum atomic E-state index is 10.9. The molecule has 2 atom stereocenters. The van der Waals surface area contributed by atoms with Crippen LogP contribution in [0.1, 0.15) is 6.42 Å². The predicted molar refractivity (Wildman–Crippen MR) is 42.9 cm³/mol. The van der Waals surface area contributed by atoms with Crippen LogP contribution >= 0.6 is 0 Å². The molecule has 0 aromatic heterocycles. The van der Waals surface area contributed by atoms with E-state index < -0.39 is 23.8 Å². The van der Waals surface area contributed by atoms with E-state index in [0.717, 1.165) is 0 Å². The van der Waals surface area contributed by atoms with Gasteiger partial charge in [-0.25, -0.2) is 0 Å². The summed E-state index contributed by atoms with van der Waals surface area (Å²) in [6.07, 6.45) is 0.624. The van der Waals surface area contributed by atoms with Crippen molar-refractivity contribution in [3.63, 3.8) is 0 Å². The number of carbonyl (C=O) groups is 2. The number of hydrogen-bond donors (Lipinski definition) is 2. The lowest BCUT2D eigenvalue weighted by molar-refractivity contribution is -0.129. The quantitative estimate of drug-likeness (QED) is 0.517. The molecule has 68 valence electrons. The molecule has 12 heavy (non-hydrogen) atoms. The van der Waals surface area contributed by atoms with E-state index in [9.17, 15) is 9.59 Å². The second kappa shape index (κ2) is 3.10. The van der Waals surface area contributed by atoms with Gasteiger partial charge < -0.3 is 11.5 Å². The van der Waals surface area contributed by atoms with Crippen molar-refractivity contribution < 1.29 is 9.59 Å². The van der Waals surface area contributed by atoms with Crippen molar-refractivity contribution in [3.05, 3.63) is 0 Å². The third-order valence-electron chi connectivity index (χ3n) is 2.31. The minimum absolute atomic E-state index is 0.410. The molecule has 1 heterocycles. The fourth-order valence-electron chi connectivity index (χ4n) is 1.66. The van der Waals surface area contributed by atoms with Gasteiger partial charge in [-0.2, -0.15) is 0 Å². The normalized spacial score (nSPS) is 30.4. The molecule has 0 aromatic carbocycles. The standard InChI is InChI=1S/C7H13N3O2/c1-10-3-2-4(6(8)11)5(10)7(9)12/h4-5H,2-3H2,1H3,(H2,8,11)(H2,9,12). The van der Waals surface area contributed by atoms with Crippen LogP contribution < -0.4 is 11.5 Å². The first-order chi connectivity index (χ1) is 5.54. The van der Waals surface area contributed by atoms with E-state index in [1.165, 1.54) is 0 Å². The minimum Gasteiger partial charge on any atom is -0.369 e. The van der Waals surface area contributed by atoms with E-state index in [0.29, 0.717) is 13.0 Å². The molecule has 1 aliphatic rings. The molecule has 4 N–H and O–H groups in total. The molecule has 5 heteroatoms. The average Bonchev–Trinajstić information content (AvgIpc) is 2.30. The summed E-state index contributed by atoms with van der Waals surface area (Å²) in [5, 5.41) is 0. The van der Waals surface area contributed by atoms with Crippen LogP contribution in [0.2, 0.25) is 0 Å². The van der Waals surface area contributed by atoms with Gasteiger partial charge in [0, 0.05) is 0 Å². The summed E-state index contributed by atoms with van der Waals surface area (Å²) in [4.78, 5) is 23.5. The molecular formula is C7H13N3O2. The van der Waals surface area contributed by atoms with Crippen molar-refractivity contribution in [1.29, 1.82) is 0 Å². The molecule has 0 bridgehead atoms. The molecule has 2 unspecified atom stereocenters. The van der Waals surface area contributed by atoms with Crippen LogP contribution in [0.4, 0.5) is 0 Å². The highest BCUT2D eigenvalue weighted by molar-refractivity contribution is 5.89. The molecule has 0 radical (unpaired) electrons. The Morgan fingerprint density at radius 3 is 2.25 bits per heavy atom. The monoisotopic (exact) mass is 171 g/mol. The molecule has 0 spiro atoms. The van der Waals surface area contributed by atoms with E-state index in [4.69, 9.17) is 11.5 Å². The first-order valence-corrected chi connectivity index (χ1v) is 3.83. The number of primary amides is 2. The van der Waals surface area contributed by atoms with Crippen molar-refractivity contribution >= 4 is 11.8 Å². The predicted octanol–water partition coefficient (Wildman–Crippen LogP) is -1.72. The minimum atomic E-state index is -0.512. The molecule has 2 amide bonds. The number of amides is 2. The van der Waals surface area contributed by atoms with Gasteiger partial charge in [0.05, 0.1) is 5.92 Å². The van der Waals surface area contributed by atoms with Crippen molar-refractivity contribution in [3.8, 4) is 0 Å². The van der Waals surface area contributed by atoms with E-state index in [1.807, 2.05) is 0 Å². The number of nitrogens with zero attached hydrogens (tertiary/aromatic N) is 1. The Balaban J connectivity index is 2.77. The SMILES string of the molecule is CN1CCC(C(N)=O)C1C(N)=O. The highest BCUT2D eigenvalue weighted by Gasteiger charge is 2.39. The van der Waals surface area contributed by atoms with Gasteiger partial charge in [-0.15, -0.1) is 0 Å². The maximum Gasteiger partial charge on any atom is 0.235 e. The van der Waals surface area contributed by atoms with Gasteiger partial charge in [-0.3, -0.25) is 14.5 Å². The summed E-state index contributed by atoms with van der Waals surface area (Å²) >= 11 is 0. The second-order valence-corrected chi connectivity index (χ2v) is 3.13. The summed E-state index contributed by atoms with van der Waals surface area (Å²) in [6.45, 7) is 0.696. The van der Waals surface area contributed by atoms with Gasteiger partial charge >= 0.3 is 0 Å². The van der Waals surface area contributed by atoms with Crippen LogP contribution in [-0.4, -0.2) is 36.3 Å². The van der Waals surface area contributed by atoms with E-state index in [-0.39, 0.29) is 0 Å². The van der Waals surface area contributed by atoms with Gasteiger partial charge in [0.25, 0.3) is 0 Å². The molecule has 5 nitrogen and oxygen atoms in total. The van der Waals surface area contributed by atoms with E-state index in [1.54, 1.807) is 11.9 Å². The number of likely N-dealkylation sites (N-methyl/N-ethyl adjacent to an activating group) is 1. The third-order valence-corrected chi connectivity index (χ3v) is 2.31. The number of rotatable bonds is 2. The highest BCUT2D eigenvalue weighted by Crippen LogP contribution is 2.21.